The Labute approximate surface area is 188 Å². The number of aliphatic hydroxyl groups is 1. The van der Waals surface area contributed by atoms with Gasteiger partial charge in [-0.25, -0.2) is 9.38 Å². The van der Waals surface area contributed by atoms with Crippen molar-refractivity contribution in [2.24, 2.45) is 16.6 Å². The van der Waals surface area contributed by atoms with Crippen LogP contribution in [0.3, 0.4) is 0 Å². The van der Waals surface area contributed by atoms with E-state index in [4.69, 9.17) is 5.73 Å². The summed E-state index contributed by atoms with van der Waals surface area (Å²) in [7, 11) is 0. The number of benzene rings is 2. The van der Waals surface area contributed by atoms with Crippen LogP contribution in [-0.2, 0) is 24.4 Å². The topological polar surface area (TPSA) is 103 Å². The van der Waals surface area contributed by atoms with Crippen LogP contribution in [0.4, 0.5) is 4.39 Å². The number of hydrogen-bond donors (Lipinski definition) is 4. The minimum absolute atomic E-state index is 0.0708. The Morgan fingerprint density at radius 3 is 2.38 bits per heavy atom. The number of halogens is 1. The third-order valence-electron chi connectivity index (χ3n) is 5.46. The van der Waals surface area contributed by atoms with Crippen molar-refractivity contribution in [3.05, 3.63) is 71.0 Å². The summed E-state index contributed by atoms with van der Waals surface area (Å²) in [6.45, 7) is 6.95. The summed E-state index contributed by atoms with van der Waals surface area (Å²) in [5.74, 6) is 0.213. The number of guanidine groups is 1. The lowest BCUT2D eigenvalue weighted by Gasteiger charge is -2.23. The van der Waals surface area contributed by atoms with Gasteiger partial charge >= 0.3 is 0 Å². The second-order valence-electron chi connectivity index (χ2n) is 8.81. The molecule has 0 saturated carbocycles. The fourth-order valence-electron chi connectivity index (χ4n) is 3.92. The van der Waals surface area contributed by atoms with Gasteiger partial charge in [-0.15, -0.1) is 0 Å². The Kier molecular flexibility index (Phi) is 7.60. The van der Waals surface area contributed by atoms with Crippen molar-refractivity contribution in [1.29, 1.82) is 0 Å². The van der Waals surface area contributed by atoms with E-state index in [0.29, 0.717) is 31.0 Å². The van der Waals surface area contributed by atoms with Crippen LogP contribution in [0.15, 0.2) is 53.5 Å². The maximum Gasteiger partial charge on any atom is 0.257 e. The van der Waals surface area contributed by atoms with Gasteiger partial charge in [0, 0.05) is 18.7 Å². The molecule has 0 fully saturated rings. The van der Waals surface area contributed by atoms with Gasteiger partial charge in [-0.2, -0.15) is 0 Å². The molecule has 5 N–H and O–H groups in total. The molecule has 2 aromatic rings. The van der Waals surface area contributed by atoms with Crippen molar-refractivity contribution >= 4 is 11.9 Å². The Balaban J connectivity index is 1.49. The van der Waals surface area contributed by atoms with E-state index in [-0.39, 0.29) is 24.2 Å². The molecule has 3 rings (SSSR count). The molecule has 0 radical (unpaired) electrons. The molecule has 2 unspecified atom stereocenters. The van der Waals surface area contributed by atoms with Gasteiger partial charge in [-0.05, 0) is 36.5 Å². The minimum atomic E-state index is -0.980. The van der Waals surface area contributed by atoms with E-state index >= 15 is 0 Å². The van der Waals surface area contributed by atoms with E-state index in [1.807, 2.05) is 31.2 Å². The fourth-order valence-corrected chi connectivity index (χ4v) is 3.92. The number of aliphatic hydroxyl groups excluding tert-OH is 1. The molecule has 1 aliphatic rings. The number of amides is 1. The summed E-state index contributed by atoms with van der Waals surface area (Å²) in [6.07, 6.45) is -0.327. The Bertz CT molecular complexity index is 963. The van der Waals surface area contributed by atoms with Crippen LogP contribution in [0, 0.1) is 11.7 Å². The molecule has 172 valence electrons. The Hall–Kier alpha value is -2.81. The van der Waals surface area contributed by atoms with Gasteiger partial charge in [0.25, 0.3) is 5.91 Å². The van der Waals surface area contributed by atoms with Crippen molar-refractivity contribution in [3.8, 4) is 0 Å². The number of hydrogen-bond acceptors (Lipinski definition) is 6. The maximum absolute atomic E-state index is 13.6. The zero-order valence-corrected chi connectivity index (χ0v) is 18.8. The van der Waals surface area contributed by atoms with Crippen LogP contribution in [-0.4, -0.2) is 33.8 Å². The van der Waals surface area contributed by atoms with Crippen molar-refractivity contribution < 1.29 is 14.3 Å². The van der Waals surface area contributed by atoms with Gasteiger partial charge in [0.05, 0.1) is 6.54 Å². The molecule has 1 aliphatic heterocycles. The van der Waals surface area contributed by atoms with E-state index in [2.05, 4.69) is 29.5 Å². The zero-order chi connectivity index (χ0) is 23.3. The maximum atomic E-state index is 13.6. The average Bonchev–Trinajstić information content (AvgIpc) is 2.94. The zero-order valence-electron chi connectivity index (χ0n) is 18.8. The highest BCUT2D eigenvalue weighted by molar-refractivity contribution is 6.06. The normalized spacial score (nSPS) is 19.5. The first-order chi connectivity index (χ1) is 15.2. The predicted octanol–water partition coefficient (Wildman–Crippen LogP) is 2.44. The van der Waals surface area contributed by atoms with Crippen molar-refractivity contribution in [2.45, 2.75) is 58.7 Å². The van der Waals surface area contributed by atoms with Crippen LogP contribution in [0.25, 0.3) is 0 Å². The van der Waals surface area contributed by atoms with E-state index in [0.717, 1.165) is 11.1 Å². The van der Waals surface area contributed by atoms with Gasteiger partial charge in [0.2, 0.25) is 0 Å². The van der Waals surface area contributed by atoms with Gasteiger partial charge in [0.1, 0.15) is 11.4 Å². The monoisotopic (exact) mass is 441 g/mol. The lowest BCUT2D eigenvalue weighted by atomic mass is 9.91. The molecule has 0 bridgehead atoms. The number of carbonyl (C=O) groups is 1. The molecular formula is C24H32FN5O2. The standard InChI is InChI=1S/C24H32FN5O2/c1-16(2)12-24(3)21(31)30(22(26)29-24)15-18-10-8-17(9-11-18)13-27-23(32)28-14-19-6-4-5-7-20(19)25/h4-11,16,23,27-28,32H,12-15H2,1-3H3,(H2,26,29). The third kappa shape index (κ3) is 5.91. The highest BCUT2D eigenvalue weighted by atomic mass is 19.1. The summed E-state index contributed by atoms with van der Waals surface area (Å²) in [5, 5.41) is 15.8. The van der Waals surface area contributed by atoms with Crippen molar-refractivity contribution in [2.75, 3.05) is 0 Å². The van der Waals surface area contributed by atoms with E-state index in [1.165, 1.54) is 11.0 Å². The average molecular weight is 442 g/mol. The minimum Gasteiger partial charge on any atom is -0.369 e. The molecule has 32 heavy (non-hydrogen) atoms. The molecule has 2 aromatic carbocycles. The van der Waals surface area contributed by atoms with Gasteiger partial charge in [-0.1, -0.05) is 56.3 Å². The summed E-state index contributed by atoms with van der Waals surface area (Å²) >= 11 is 0. The van der Waals surface area contributed by atoms with Crippen LogP contribution < -0.4 is 16.4 Å². The molecule has 8 heteroatoms. The second kappa shape index (κ2) is 10.2. The van der Waals surface area contributed by atoms with E-state index < -0.39 is 11.9 Å². The number of aliphatic imine (C=N–C) groups is 1. The Morgan fingerprint density at radius 1 is 1.09 bits per heavy atom. The van der Waals surface area contributed by atoms with Crippen LogP contribution in [0.1, 0.15) is 43.9 Å². The molecule has 7 nitrogen and oxygen atoms in total. The smallest absolute Gasteiger partial charge is 0.257 e. The van der Waals surface area contributed by atoms with Gasteiger partial charge in [-0.3, -0.25) is 20.3 Å². The quantitative estimate of drug-likeness (QED) is 0.424. The first-order valence-electron chi connectivity index (χ1n) is 10.8. The van der Waals surface area contributed by atoms with Crippen LogP contribution in [0.5, 0.6) is 0 Å². The lowest BCUT2D eigenvalue weighted by molar-refractivity contribution is -0.131. The fraction of sp³-hybridized carbons (Fsp3) is 0.417. The molecule has 0 spiro atoms. The third-order valence-corrected chi connectivity index (χ3v) is 5.46. The largest absolute Gasteiger partial charge is 0.369 e. The number of nitrogens with zero attached hydrogens (tertiary/aromatic N) is 2. The van der Waals surface area contributed by atoms with Crippen LogP contribution in [0.2, 0.25) is 0 Å². The lowest BCUT2D eigenvalue weighted by Crippen LogP contribution is -2.43. The predicted molar refractivity (Wildman–Crippen MR) is 123 cm³/mol. The number of nitrogens with one attached hydrogen (secondary N) is 2. The first-order valence-corrected chi connectivity index (χ1v) is 10.8. The van der Waals surface area contributed by atoms with Gasteiger partial charge < -0.3 is 10.8 Å². The highest BCUT2D eigenvalue weighted by Gasteiger charge is 2.43. The summed E-state index contributed by atoms with van der Waals surface area (Å²) in [4.78, 5) is 18.8. The number of nitrogens with two attached hydrogens (primary N) is 1. The summed E-state index contributed by atoms with van der Waals surface area (Å²) in [5.41, 5.74) is 7.63. The molecule has 1 heterocycles. The van der Waals surface area contributed by atoms with Crippen molar-refractivity contribution in [1.82, 2.24) is 15.5 Å². The molecule has 1 amide bonds. The SMILES string of the molecule is CC(C)CC1(C)N=C(N)N(Cc2ccc(CNC(O)NCc3ccccc3F)cc2)C1=O. The molecule has 0 saturated heterocycles. The Morgan fingerprint density at radius 2 is 1.72 bits per heavy atom. The van der Waals surface area contributed by atoms with Crippen LogP contribution >= 0.6 is 0 Å². The number of rotatable bonds is 10. The highest BCUT2D eigenvalue weighted by Crippen LogP contribution is 2.29. The van der Waals surface area contributed by atoms with E-state index in [9.17, 15) is 14.3 Å². The van der Waals surface area contributed by atoms with Crippen molar-refractivity contribution in [3.63, 3.8) is 0 Å². The van der Waals surface area contributed by atoms with E-state index in [1.54, 1.807) is 18.2 Å². The molecular weight excluding hydrogens is 409 g/mol. The molecule has 0 aliphatic carbocycles. The van der Waals surface area contributed by atoms with Gasteiger partial charge in [0.15, 0.2) is 12.3 Å². The molecule has 0 aromatic heterocycles. The second-order valence-corrected chi connectivity index (χ2v) is 8.81. The molecule has 2 atom stereocenters. The summed E-state index contributed by atoms with van der Waals surface area (Å²) in [6, 6.07) is 14.1. The summed E-state index contributed by atoms with van der Waals surface area (Å²) < 4.78 is 13.6. The number of carbonyl (C=O) groups excluding carboxylic acids is 1. The first kappa shape index (κ1) is 23.8.